The standard InChI is InChI=1S/C48H41N/c1-30-9-8-24-49-47(30)33-17-15-32(16-18-33)43-29-44(37-13-7-12-35(26-37)36-19-14-31-10-5-6-11-34(31)25-36)42-23-21-39-28-40(48(2,3)4)27-38-20-22-41(43)46(42)45(38)39/h5-20,22,24-30,47H,21,23H2,1-4H3. The highest BCUT2D eigenvalue weighted by atomic mass is 14.8. The second-order valence-electron chi connectivity index (χ2n) is 15.2. The summed E-state index contributed by atoms with van der Waals surface area (Å²) in [6, 6.07) is 46.2. The molecule has 1 aliphatic carbocycles. The van der Waals surface area contributed by atoms with E-state index in [0.29, 0.717) is 5.92 Å². The van der Waals surface area contributed by atoms with Crippen LogP contribution in [0.5, 0.6) is 0 Å². The molecule has 2 unspecified atom stereocenters. The van der Waals surface area contributed by atoms with Crippen molar-refractivity contribution < 1.29 is 0 Å². The maximum atomic E-state index is 4.81. The number of hydrogen-bond acceptors (Lipinski definition) is 1. The molecule has 0 aromatic heterocycles. The molecule has 0 N–H and O–H groups in total. The minimum atomic E-state index is 0.105. The minimum absolute atomic E-state index is 0.105. The van der Waals surface area contributed by atoms with Crippen molar-refractivity contribution in [3.8, 4) is 33.4 Å². The summed E-state index contributed by atoms with van der Waals surface area (Å²) in [6.45, 7) is 9.24. The van der Waals surface area contributed by atoms with Crippen LogP contribution in [0.1, 0.15) is 56.0 Å². The third-order valence-electron chi connectivity index (χ3n) is 11.0. The van der Waals surface area contributed by atoms with E-state index in [9.17, 15) is 0 Å². The molecule has 238 valence electrons. The minimum Gasteiger partial charge on any atom is -0.285 e. The largest absolute Gasteiger partial charge is 0.285 e. The Balaban J connectivity index is 1.26. The quantitative estimate of drug-likeness (QED) is 0.171. The molecule has 0 spiro atoms. The SMILES string of the molecule is CC1C=CC=NC1c1ccc(-c2cc(-c3cccc(-c4ccc5ccccc5c4)c3)c3c4c2ccc2cc(C(C)(C)C)cc(c24)CC3)cc1. The second-order valence-corrected chi connectivity index (χ2v) is 15.2. The average molecular weight is 632 g/mol. The van der Waals surface area contributed by atoms with Crippen LogP contribution in [0.2, 0.25) is 0 Å². The van der Waals surface area contributed by atoms with Crippen molar-refractivity contribution in [2.45, 2.75) is 52.0 Å². The first-order chi connectivity index (χ1) is 23.8. The zero-order valence-electron chi connectivity index (χ0n) is 28.8. The van der Waals surface area contributed by atoms with E-state index in [1.54, 1.807) is 0 Å². The molecule has 0 saturated carbocycles. The highest BCUT2D eigenvalue weighted by molar-refractivity contribution is 6.17. The lowest BCUT2D eigenvalue weighted by molar-refractivity contribution is 0.566. The van der Waals surface area contributed by atoms with E-state index < -0.39 is 0 Å². The first-order valence-corrected chi connectivity index (χ1v) is 17.8. The predicted molar refractivity (Wildman–Crippen MR) is 211 cm³/mol. The molecule has 0 saturated heterocycles. The molecule has 1 heteroatoms. The van der Waals surface area contributed by atoms with E-state index in [1.807, 2.05) is 6.21 Å². The van der Waals surface area contributed by atoms with Crippen LogP contribution in [-0.4, -0.2) is 6.21 Å². The molecule has 1 aliphatic heterocycles. The number of rotatable bonds is 4. The van der Waals surface area contributed by atoms with Gasteiger partial charge in [-0.3, -0.25) is 4.99 Å². The smallest absolute Gasteiger partial charge is 0.0808 e. The van der Waals surface area contributed by atoms with Gasteiger partial charge in [-0.2, -0.15) is 0 Å². The summed E-state index contributed by atoms with van der Waals surface area (Å²) in [5.41, 5.74) is 13.4. The van der Waals surface area contributed by atoms with Crippen molar-refractivity contribution in [3.63, 3.8) is 0 Å². The molecule has 49 heavy (non-hydrogen) atoms. The van der Waals surface area contributed by atoms with Crippen LogP contribution in [0, 0.1) is 5.92 Å². The second kappa shape index (κ2) is 11.4. The van der Waals surface area contributed by atoms with Crippen molar-refractivity contribution in [2.75, 3.05) is 0 Å². The molecule has 0 fully saturated rings. The van der Waals surface area contributed by atoms with Crippen molar-refractivity contribution in [1.29, 1.82) is 0 Å². The Kier molecular flexibility index (Phi) is 6.95. The molecule has 0 amide bonds. The third-order valence-corrected chi connectivity index (χ3v) is 11.0. The van der Waals surface area contributed by atoms with Crippen LogP contribution in [0.4, 0.5) is 0 Å². The lowest BCUT2D eigenvalue weighted by atomic mass is 9.77. The maximum Gasteiger partial charge on any atom is 0.0808 e. The molecule has 0 bridgehead atoms. The van der Waals surface area contributed by atoms with Crippen LogP contribution in [0.15, 0.2) is 138 Å². The van der Waals surface area contributed by atoms with Crippen LogP contribution >= 0.6 is 0 Å². The summed E-state index contributed by atoms with van der Waals surface area (Å²) in [5, 5.41) is 8.12. The summed E-state index contributed by atoms with van der Waals surface area (Å²) < 4.78 is 0. The topological polar surface area (TPSA) is 12.4 Å². The molecule has 7 aromatic rings. The molecule has 1 nitrogen and oxygen atoms in total. The molecule has 7 aromatic carbocycles. The van der Waals surface area contributed by atoms with Gasteiger partial charge in [-0.15, -0.1) is 0 Å². The van der Waals surface area contributed by atoms with Gasteiger partial charge < -0.3 is 0 Å². The Morgan fingerprint density at radius 1 is 0.592 bits per heavy atom. The van der Waals surface area contributed by atoms with Gasteiger partial charge in [0.2, 0.25) is 0 Å². The Hall–Kier alpha value is -5.27. The zero-order valence-corrected chi connectivity index (χ0v) is 28.8. The number of dihydropyridines is 1. The Labute approximate surface area is 289 Å². The van der Waals surface area contributed by atoms with Gasteiger partial charge in [0.05, 0.1) is 6.04 Å². The highest BCUT2D eigenvalue weighted by Gasteiger charge is 2.25. The maximum absolute atomic E-state index is 4.81. The summed E-state index contributed by atoms with van der Waals surface area (Å²) >= 11 is 0. The van der Waals surface area contributed by atoms with Crippen LogP contribution in [-0.2, 0) is 18.3 Å². The number of nitrogens with zero attached hydrogens (tertiary/aromatic N) is 1. The lowest BCUT2D eigenvalue weighted by Crippen LogP contribution is -2.13. The van der Waals surface area contributed by atoms with Crippen LogP contribution in [0.3, 0.4) is 0 Å². The molecule has 0 radical (unpaired) electrons. The predicted octanol–water partition coefficient (Wildman–Crippen LogP) is 12.9. The van der Waals surface area contributed by atoms with E-state index in [0.717, 1.165) is 12.8 Å². The van der Waals surface area contributed by atoms with Gasteiger partial charge in [-0.25, -0.2) is 0 Å². The number of benzene rings is 7. The average Bonchev–Trinajstić information content (AvgIpc) is 3.13. The van der Waals surface area contributed by atoms with Gasteiger partial charge in [-0.1, -0.05) is 137 Å². The number of allylic oxidation sites excluding steroid dienone is 1. The van der Waals surface area contributed by atoms with E-state index in [2.05, 4.69) is 161 Å². The lowest BCUT2D eigenvalue weighted by Gasteiger charge is -2.27. The Morgan fingerprint density at radius 3 is 2.16 bits per heavy atom. The number of aliphatic imine (C=N–C) groups is 1. The van der Waals surface area contributed by atoms with E-state index >= 15 is 0 Å². The Morgan fingerprint density at radius 2 is 1.35 bits per heavy atom. The fourth-order valence-corrected chi connectivity index (χ4v) is 8.27. The Bertz CT molecular complexity index is 2490. The van der Waals surface area contributed by atoms with Gasteiger partial charge in [-0.05, 0) is 130 Å². The van der Waals surface area contributed by atoms with E-state index in [4.69, 9.17) is 4.99 Å². The van der Waals surface area contributed by atoms with Gasteiger partial charge >= 0.3 is 0 Å². The fourth-order valence-electron chi connectivity index (χ4n) is 8.27. The van der Waals surface area contributed by atoms with Gasteiger partial charge in [0.1, 0.15) is 0 Å². The monoisotopic (exact) mass is 631 g/mol. The van der Waals surface area contributed by atoms with E-state index in [-0.39, 0.29) is 11.5 Å². The first-order valence-electron chi connectivity index (χ1n) is 17.8. The molecular formula is C48H41N. The summed E-state index contributed by atoms with van der Waals surface area (Å²) in [6.07, 6.45) is 8.35. The van der Waals surface area contributed by atoms with Crippen LogP contribution < -0.4 is 0 Å². The van der Waals surface area contributed by atoms with Gasteiger partial charge in [0.15, 0.2) is 0 Å². The van der Waals surface area contributed by atoms with Crippen molar-refractivity contribution in [3.05, 3.63) is 156 Å². The summed E-state index contributed by atoms with van der Waals surface area (Å²) in [5.74, 6) is 0.387. The van der Waals surface area contributed by atoms with Crippen molar-refractivity contribution >= 4 is 38.5 Å². The summed E-state index contributed by atoms with van der Waals surface area (Å²) in [7, 11) is 0. The molecule has 9 rings (SSSR count). The molecule has 2 atom stereocenters. The van der Waals surface area contributed by atoms with Gasteiger partial charge in [0.25, 0.3) is 0 Å². The molecule has 2 aliphatic rings. The number of hydrogen-bond donors (Lipinski definition) is 0. The van der Waals surface area contributed by atoms with Crippen LogP contribution in [0.25, 0.3) is 65.7 Å². The third kappa shape index (κ3) is 5.11. The number of aryl methyl sites for hydroxylation is 2. The highest BCUT2D eigenvalue weighted by Crippen LogP contribution is 2.46. The normalized spacial score (nSPS) is 17.1. The fraction of sp³-hybridized carbons (Fsp3) is 0.188. The summed E-state index contributed by atoms with van der Waals surface area (Å²) in [4.78, 5) is 4.81. The molecular weight excluding hydrogens is 591 g/mol. The first kappa shape index (κ1) is 29.8. The molecule has 1 heterocycles. The number of fused-ring (bicyclic) bond motifs is 1. The van der Waals surface area contributed by atoms with Crippen molar-refractivity contribution in [1.82, 2.24) is 0 Å². The van der Waals surface area contributed by atoms with Crippen molar-refractivity contribution in [2.24, 2.45) is 10.9 Å². The zero-order chi connectivity index (χ0) is 33.3. The van der Waals surface area contributed by atoms with E-state index in [1.165, 1.54) is 88.0 Å². The van der Waals surface area contributed by atoms with Gasteiger partial charge in [0, 0.05) is 12.1 Å².